The first-order valence-corrected chi connectivity index (χ1v) is 7.11. The first kappa shape index (κ1) is 13.8. The molecule has 0 saturated heterocycles. The van der Waals surface area contributed by atoms with Gasteiger partial charge in [0.15, 0.2) is 5.82 Å². The van der Waals surface area contributed by atoms with Gasteiger partial charge >= 0.3 is 0 Å². The number of rotatable bonds is 5. The Bertz CT molecular complexity index is 643. The highest BCUT2D eigenvalue weighted by atomic mass is 16.5. The normalized spacial score (nSPS) is 16.0. The van der Waals surface area contributed by atoms with Crippen LogP contribution in [0.1, 0.15) is 49.0 Å². The Morgan fingerprint density at radius 3 is 2.95 bits per heavy atom. The number of likely N-dealkylation sites (N-methyl/N-ethyl adjacent to an activating group) is 1. The number of nitrogens with zero attached hydrogens (tertiary/aromatic N) is 5. The molecule has 1 atom stereocenters. The molecule has 2 heterocycles. The number of carbonyl (C=O) groups excluding carboxylic acids is 1. The second-order valence-corrected chi connectivity index (χ2v) is 5.62. The van der Waals surface area contributed by atoms with E-state index in [2.05, 4.69) is 15.2 Å². The largest absolute Gasteiger partial charge is 0.339 e. The SMILES string of the molecule is CC(C(=O)N(C)Cc1noc(C2CC2)n1)c1ccnn1C. The number of aryl methyl sites for hydroxylation is 1. The summed E-state index contributed by atoms with van der Waals surface area (Å²) >= 11 is 0. The monoisotopic (exact) mass is 289 g/mol. The summed E-state index contributed by atoms with van der Waals surface area (Å²) in [6, 6.07) is 1.86. The van der Waals surface area contributed by atoms with Crippen molar-refractivity contribution in [1.29, 1.82) is 0 Å². The number of hydrogen-bond acceptors (Lipinski definition) is 5. The van der Waals surface area contributed by atoms with E-state index in [0.29, 0.717) is 24.2 Å². The molecule has 21 heavy (non-hydrogen) atoms. The fourth-order valence-electron chi connectivity index (χ4n) is 2.38. The van der Waals surface area contributed by atoms with Gasteiger partial charge in [-0.1, -0.05) is 5.16 Å². The Kier molecular flexibility index (Phi) is 3.48. The van der Waals surface area contributed by atoms with Gasteiger partial charge < -0.3 is 9.42 Å². The average molecular weight is 289 g/mol. The van der Waals surface area contributed by atoms with E-state index >= 15 is 0 Å². The first-order valence-electron chi connectivity index (χ1n) is 7.11. The molecule has 0 aliphatic heterocycles. The smallest absolute Gasteiger partial charge is 0.231 e. The van der Waals surface area contributed by atoms with Gasteiger partial charge in [-0.25, -0.2) is 0 Å². The molecule has 2 aromatic rings. The van der Waals surface area contributed by atoms with Crippen molar-refractivity contribution in [2.24, 2.45) is 7.05 Å². The Morgan fingerprint density at radius 2 is 2.33 bits per heavy atom. The molecule has 3 rings (SSSR count). The van der Waals surface area contributed by atoms with Crippen LogP contribution >= 0.6 is 0 Å². The van der Waals surface area contributed by atoms with Gasteiger partial charge in [0.05, 0.1) is 18.2 Å². The predicted molar refractivity (Wildman–Crippen MR) is 74.4 cm³/mol. The van der Waals surface area contributed by atoms with E-state index in [1.807, 2.05) is 20.0 Å². The summed E-state index contributed by atoms with van der Waals surface area (Å²) in [5, 5.41) is 8.04. The molecule has 0 radical (unpaired) electrons. The lowest BCUT2D eigenvalue weighted by Gasteiger charge is -2.20. The Morgan fingerprint density at radius 1 is 1.57 bits per heavy atom. The van der Waals surface area contributed by atoms with E-state index in [1.54, 1.807) is 22.8 Å². The van der Waals surface area contributed by atoms with Gasteiger partial charge in [-0.15, -0.1) is 0 Å². The summed E-state index contributed by atoms with van der Waals surface area (Å²) in [6.07, 6.45) is 3.93. The zero-order valence-electron chi connectivity index (χ0n) is 12.5. The molecule has 1 saturated carbocycles. The highest BCUT2D eigenvalue weighted by Gasteiger charge is 2.30. The van der Waals surface area contributed by atoms with Crippen molar-refractivity contribution in [2.75, 3.05) is 7.05 Å². The number of aromatic nitrogens is 4. The van der Waals surface area contributed by atoms with E-state index < -0.39 is 0 Å². The Balaban J connectivity index is 1.64. The summed E-state index contributed by atoms with van der Waals surface area (Å²) in [5.74, 6) is 1.45. The van der Waals surface area contributed by atoms with E-state index in [0.717, 1.165) is 18.5 Å². The van der Waals surface area contributed by atoms with Crippen LogP contribution in [-0.4, -0.2) is 37.8 Å². The van der Waals surface area contributed by atoms with E-state index in [4.69, 9.17) is 4.52 Å². The molecule has 1 aliphatic rings. The predicted octanol–water partition coefficient (Wildman–Crippen LogP) is 1.44. The molecular weight excluding hydrogens is 270 g/mol. The lowest BCUT2D eigenvalue weighted by molar-refractivity contribution is -0.131. The van der Waals surface area contributed by atoms with E-state index in [1.165, 1.54) is 0 Å². The molecule has 1 unspecified atom stereocenters. The maximum absolute atomic E-state index is 12.4. The standard InChI is InChI=1S/C14H19N5O2/c1-9(11-6-7-15-19(11)3)14(20)18(2)8-12-16-13(21-17-12)10-4-5-10/h6-7,9-10H,4-5,8H2,1-3H3. The van der Waals surface area contributed by atoms with Crippen LogP contribution in [0.5, 0.6) is 0 Å². The lowest BCUT2D eigenvalue weighted by atomic mass is 10.1. The van der Waals surface area contributed by atoms with Crippen LogP contribution in [0.4, 0.5) is 0 Å². The van der Waals surface area contributed by atoms with Crippen LogP contribution in [0.2, 0.25) is 0 Å². The third-order valence-corrected chi connectivity index (χ3v) is 3.84. The van der Waals surface area contributed by atoms with Crippen LogP contribution in [0.3, 0.4) is 0 Å². The third kappa shape index (κ3) is 2.81. The fourth-order valence-corrected chi connectivity index (χ4v) is 2.38. The Hall–Kier alpha value is -2.18. The Labute approximate surface area is 122 Å². The number of hydrogen-bond donors (Lipinski definition) is 0. The average Bonchev–Trinajstić information content (AvgIpc) is 3.07. The summed E-state index contributed by atoms with van der Waals surface area (Å²) < 4.78 is 6.93. The molecule has 2 aromatic heterocycles. The van der Waals surface area contributed by atoms with Crippen molar-refractivity contribution in [2.45, 2.75) is 38.1 Å². The maximum Gasteiger partial charge on any atom is 0.231 e. The van der Waals surface area contributed by atoms with E-state index in [-0.39, 0.29) is 11.8 Å². The molecule has 7 heteroatoms. The molecule has 0 N–H and O–H groups in total. The molecule has 1 aliphatic carbocycles. The van der Waals surface area contributed by atoms with Gasteiger partial charge in [-0.2, -0.15) is 10.1 Å². The fraction of sp³-hybridized carbons (Fsp3) is 0.571. The first-order chi connectivity index (χ1) is 10.1. The van der Waals surface area contributed by atoms with Crippen LogP contribution in [0.25, 0.3) is 0 Å². The van der Waals surface area contributed by atoms with Gasteiger partial charge in [0.25, 0.3) is 0 Å². The van der Waals surface area contributed by atoms with Crippen molar-refractivity contribution in [3.63, 3.8) is 0 Å². The van der Waals surface area contributed by atoms with E-state index in [9.17, 15) is 4.79 Å². The van der Waals surface area contributed by atoms with Crippen LogP contribution in [0.15, 0.2) is 16.8 Å². The quantitative estimate of drug-likeness (QED) is 0.832. The minimum Gasteiger partial charge on any atom is -0.339 e. The zero-order chi connectivity index (χ0) is 15.0. The van der Waals surface area contributed by atoms with Crippen LogP contribution in [0, 0.1) is 0 Å². The maximum atomic E-state index is 12.4. The minimum absolute atomic E-state index is 0.0105. The highest BCUT2D eigenvalue weighted by Crippen LogP contribution is 2.38. The summed E-state index contributed by atoms with van der Waals surface area (Å²) in [5.41, 5.74) is 0.888. The lowest BCUT2D eigenvalue weighted by Crippen LogP contribution is -2.31. The molecule has 1 fully saturated rings. The van der Waals surface area contributed by atoms with Crippen LogP contribution < -0.4 is 0 Å². The number of carbonyl (C=O) groups is 1. The summed E-state index contributed by atoms with van der Waals surface area (Å²) in [6.45, 7) is 2.24. The topological polar surface area (TPSA) is 77.1 Å². The van der Waals surface area contributed by atoms with Gasteiger partial charge in [0.1, 0.15) is 0 Å². The number of amides is 1. The zero-order valence-corrected chi connectivity index (χ0v) is 12.5. The van der Waals surface area contributed by atoms with Crippen molar-refractivity contribution in [3.8, 4) is 0 Å². The van der Waals surface area contributed by atoms with Crippen molar-refractivity contribution >= 4 is 5.91 Å². The molecule has 0 bridgehead atoms. The van der Waals surface area contributed by atoms with Gasteiger partial charge in [0.2, 0.25) is 11.8 Å². The molecule has 7 nitrogen and oxygen atoms in total. The van der Waals surface area contributed by atoms with Crippen molar-refractivity contribution in [1.82, 2.24) is 24.8 Å². The van der Waals surface area contributed by atoms with Gasteiger partial charge in [-0.3, -0.25) is 9.48 Å². The molecule has 0 spiro atoms. The minimum atomic E-state index is -0.252. The molecular formula is C14H19N5O2. The van der Waals surface area contributed by atoms with Crippen LogP contribution in [-0.2, 0) is 18.4 Å². The van der Waals surface area contributed by atoms with Crippen molar-refractivity contribution < 1.29 is 9.32 Å². The second kappa shape index (κ2) is 5.31. The molecule has 112 valence electrons. The highest BCUT2D eigenvalue weighted by molar-refractivity contribution is 5.82. The van der Waals surface area contributed by atoms with Gasteiger partial charge in [-0.05, 0) is 25.8 Å². The van der Waals surface area contributed by atoms with Crippen molar-refractivity contribution in [3.05, 3.63) is 29.7 Å². The second-order valence-electron chi connectivity index (χ2n) is 5.62. The third-order valence-electron chi connectivity index (χ3n) is 3.84. The summed E-state index contributed by atoms with van der Waals surface area (Å²) in [4.78, 5) is 18.4. The molecule has 0 aromatic carbocycles. The summed E-state index contributed by atoms with van der Waals surface area (Å²) in [7, 11) is 3.59. The molecule has 1 amide bonds. The van der Waals surface area contributed by atoms with Gasteiger partial charge in [0, 0.05) is 26.2 Å².